The lowest BCUT2D eigenvalue weighted by Crippen LogP contribution is -2.13. The molecule has 0 radical (unpaired) electrons. The Labute approximate surface area is 288 Å². The summed E-state index contributed by atoms with van der Waals surface area (Å²) in [7, 11) is 0. The summed E-state index contributed by atoms with van der Waals surface area (Å²) in [6.45, 7) is 0. The first-order valence-corrected chi connectivity index (χ1v) is 16.9. The van der Waals surface area contributed by atoms with Crippen molar-refractivity contribution in [3.63, 3.8) is 0 Å². The number of furan rings is 2. The third-order valence-corrected chi connectivity index (χ3v) is 9.59. The second-order valence-electron chi connectivity index (χ2n) is 12.5. The van der Waals surface area contributed by atoms with E-state index in [9.17, 15) is 0 Å². The summed E-state index contributed by atoms with van der Waals surface area (Å²) < 4.78 is 13.5. The molecule has 0 aliphatic carbocycles. The summed E-state index contributed by atoms with van der Waals surface area (Å²) in [6, 6.07) is 63.6. The van der Waals surface area contributed by atoms with Crippen LogP contribution in [0.25, 0.3) is 54.6 Å². The van der Waals surface area contributed by atoms with Gasteiger partial charge in [0.15, 0.2) is 5.58 Å². The van der Waals surface area contributed by atoms with Crippen molar-refractivity contribution in [2.75, 3.05) is 9.80 Å². The largest absolute Gasteiger partial charge is 0.456 e. The number of para-hydroxylation sites is 4. The molecule has 236 valence electrons. The molecule has 8 aromatic carbocycles. The van der Waals surface area contributed by atoms with Crippen LogP contribution in [0.15, 0.2) is 191 Å². The van der Waals surface area contributed by atoms with Gasteiger partial charge in [0.25, 0.3) is 0 Å². The van der Waals surface area contributed by atoms with Crippen LogP contribution in [-0.4, -0.2) is 0 Å². The number of anilines is 6. The lowest BCUT2D eigenvalue weighted by atomic mass is 10.0. The third-order valence-electron chi connectivity index (χ3n) is 9.59. The van der Waals surface area contributed by atoms with Crippen LogP contribution in [0.5, 0.6) is 0 Å². The molecule has 0 aliphatic rings. The molecule has 10 rings (SSSR count). The first-order valence-electron chi connectivity index (χ1n) is 16.9. The monoisotopic (exact) mass is 642 g/mol. The highest BCUT2D eigenvalue weighted by Crippen LogP contribution is 2.49. The van der Waals surface area contributed by atoms with Crippen LogP contribution in [0.4, 0.5) is 34.1 Å². The summed E-state index contributed by atoms with van der Waals surface area (Å²) in [6.07, 6.45) is 0. The van der Waals surface area contributed by atoms with Crippen molar-refractivity contribution in [3.05, 3.63) is 182 Å². The smallest absolute Gasteiger partial charge is 0.159 e. The van der Waals surface area contributed by atoms with Crippen LogP contribution < -0.4 is 9.80 Å². The van der Waals surface area contributed by atoms with Crippen molar-refractivity contribution in [1.82, 2.24) is 0 Å². The molecule has 0 amide bonds. The minimum atomic E-state index is 0.815. The fraction of sp³-hybridized carbons (Fsp3) is 0. The van der Waals surface area contributed by atoms with E-state index in [1.807, 2.05) is 18.2 Å². The Morgan fingerprint density at radius 2 is 0.920 bits per heavy atom. The summed E-state index contributed by atoms with van der Waals surface area (Å²) in [5.74, 6) is 0. The Balaban J connectivity index is 1.35. The molecular formula is C46H30N2O2. The lowest BCUT2D eigenvalue weighted by molar-refractivity contribution is 0.668. The van der Waals surface area contributed by atoms with E-state index in [1.165, 1.54) is 0 Å². The Kier molecular flexibility index (Phi) is 6.46. The fourth-order valence-electron chi connectivity index (χ4n) is 7.40. The summed E-state index contributed by atoms with van der Waals surface area (Å²) in [4.78, 5) is 4.65. The highest BCUT2D eigenvalue weighted by molar-refractivity contribution is 6.20. The zero-order valence-corrected chi connectivity index (χ0v) is 27.0. The normalized spacial score (nSPS) is 11.6. The van der Waals surface area contributed by atoms with E-state index in [-0.39, 0.29) is 0 Å². The van der Waals surface area contributed by atoms with E-state index in [4.69, 9.17) is 8.83 Å². The van der Waals surface area contributed by atoms with E-state index in [1.54, 1.807) is 0 Å². The van der Waals surface area contributed by atoms with Gasteiger partial charge >= 0.3 is 0 Å². The standard InChI is InChI=1S/C46H30N2O2/c1-4-16-32(17-5-1)47(33-18-6-2-7-19-33)35-29-39-37-28-27-31-15-10-11-22-36(31)45(37)50-46(39)41(30-35)48(34-20-8-3-9-21-34)40-24-14-26-43-44(40)38-23-12-13-25-42(38)49-43/h1-30H. The Morgan fingerprint density at radius 3 is 1.64 bits per heavy atom. The SMILES string of the molecule is c1ccc(N(c2ccccc2)c2cc(N(c3ccccc3)c3cccc4oc5ccccc5c34)c3oc4c5ccccc5ccc4c3c2)cc1. The quantitative estimate of drug-likeness (QED) is 0.181. The van der Waals surface area contributed by atoms with Crippen molar-refractivity contribution < 1.29 is 8.83 Å². The summed E-state index contributed by atoms with van der Waals surface area (Å²) >= 11 is 0. The molecule has 0 fully saturated rings. The molecule has 0 bridgehead atoms. The van der Waals surface area contributed by atoms with Crippen LogP contribution >= 0.6 is 0 Å². The zero-order chi connectivity index (χ0) is 33.0. The molecule has 0 spiro atoms. The molecule has 2 aromatic heterocycles. The molecule has 0 saturated heterocycles. The van der Waals surface area contributed by atoms with Gasteiger partial charge < -0.3 is 18.6 Å². The van der Waals surface area contributed by atoms with Gasteiger partial charge in [-0.05, 0) is 78.2 Å². The molecule has 0 N–H and O–H groups in total. The molecule has 0 aliphatic heterocycles. The average molecular weight is 643 g/mol. The minimum Gasteiger partial charge on any atom is -0.456 e. The first kappa shape index (κ1) is 28.3. The topological polar surface area (TPSA) is 32.8 Å². The van der Waals surface area contributed by atoms with E-state index in [0.717, 1.165) is 88.8 Å². The van der Waals surface area contributed by atoms with Crippen molar-refractivity contribution in [2.24, 2.45) is 0 Å². The van der Waals surface area contributed by atoms with Crippen LogP contribution in [0.3, 0.4) is 0 Å². The number of benzene rings is 8. The second kappa shape index (κ2) is 11.4. The first-order chi connectivity index (χ1) is 24.8. The van der Waals surface area contributed by atoms with E-state index < -0.39 is 0 Å². The Bertz CT molecular complexity index is 2780. The van der Waals surface area contributed by atoms with Crippen LogP contribution in [0, 0.1) is 0 Å². The number of hydrogen-bond acceptors (Lipinski definition) is 4. The number of nitrogens with zero attached hydrogens (tertiary/aromatic N) is 2. The van der Waals surface area contributed by atoms with Gasteiger partial charge in [-0.1, -0.05) is 109 Å². The van der Waals surface area contributed by atoms with E-state index in [2.05, 4.69) is 174 Å². The van der Waals surface area contributed by atoms with E-state index >= 15 is 0 Å². The van der Waals surface area contributed by atoms with Gasteiger partial charge in [-0.15, -0.1) is 0 Å². The highest BCUT2D eigenvalue weighted by Gasteiger charge is 2.26. The lowest BCUT2D eigenvalue weighted by Gasteiger charge is -2.30. The minimum absolute atomic E-state index is 0.815. The van der Waals surface area contributed by atoms with Crippen LogP contribution in [0.2, 0.25) is 0 Å². The molecule has 50 heavy (non-hydrogen) atoms. The Hall–Kier alpha value is -6.78. The molecule has 10 aromatic rings. The molecule has 0 saturated carbocycles. The van der Waals surface area contributed by atoms with Gasteiger partial charge in [0, 0.05) is 44.3 Å². The fourth-order valence-corrected chi connectivity index (χ4v) is 7.40. The van der Waals surface area contributed by atoms with Crippen molar-refractivity contribution in [1.29, 1.82) is 0 Å². The maximum atomic E-state index is 7.06. The maximum Gasteiger partial charge on any atom is 0.159 e. The van der Waals surface area contributed by atoms with Gasteiger partial charge in [0.1, 0.15) is 16.7 Å². The van der Waals surface area contributed by atoms with Gasteiger partial charge in [0.05, 0.1) is 16.8 Å². The summed E-state index contributed by atoms with van der Waals surface area (Å²) in [5.41, 5.74) is 9.49. The average Bonchev–Trinajstić information content (AvgIpc) is 3.76. The van der Waals surface area contributed by atoms with Crippen LogP contribution in [-0.2, 0) is 0 Å². The molecule has 4 heteroatoms. The van der Waals surface area contributed by atoms with Gasteiger partial charge in [-0.2, -0.15) is 0 Å². The van der Waals surface area contributed by atoms with E-state index in [0.29, 0.717) is 0 Å². The number of rotatable bonds is 6. The highest BCUT2D eigenvalue weighted by atomic mass is 16.3. The Morgan fingerprint density at radius 1 is 0.320 bits per heavy atom. The predicted molar refractivity (Wildman–Crippen MR) is 208 cm³/mol. The predicted octanol–water partition coefficient (Wildman–Crippen LogP) is 13.6. The molecule has 4 nitrogen and oxygen atoms in total. The van der Waals surface area contributed by atoms with Gasteiger partial charge in [-0.3, -0.25) is 0 Å². The number of fused-ring (bicyclic) bond motifs is 8. The molecular weight excluding hydrogens is 613 g/mol. The maximum absolute atomic E-state index is 7.06. The van der Waals surface area contributed by atoms with Crippen LogP contribution in [0.1, 0.15) is 0 Å². The van der Waals surface area contributed by atoms with Gasteiger partial charge in [0.2, 0.25) is 0 Å². The molecule has 0 atom stereocenters. The van der Waals surface area contributed by atoms with Crippen molar-refractivity contribution in [3.8, 4) is 0 Å². The summed E-state index contributed by atoms with van der Waals surface area (Å²) in [5, 5.41) is 6.46. The number of hydrogen-bond donors (Lipinski definition) is 0. The molecule has 0 unspecified atom stereocenters. The van der Waals surface area contributed by atoms with Crippen molar-refractivity contribution >= 4 is 88.8 Å². The third kappa shape index (κ3) is 4.46. The zero-order valence-electron chi connectivity index (χ0n) is 27.0. The van der Waals surface area contributed by atoms with Crippen molar-refractivity contribution in [2.45, 2.75) is 0 Å². The molecule has 2 heterocycles. The van der Waals surface area contributed by atoms with Gasteiger partial charge in [-0.25, -0.2) is 0 Å². The second-order valence-corrected chi connectivity index (χ2v) is 12.5.